The zero-order valence-electron chi connectivity index (χ0n) is 20.7. The number of anilines is 1. The predicted molar refractivity (Wildman–Crippen MR) is 144 cm³/mol. The zero-order chi connectivity index (χ0) is 27.6. The van der Waals surface area contributed by atoms with Gasteiger partial charge in [-0.3, -0.25) is 4.90 Å². The van der Waals surface area contributed by atoms with Crippen molar-refractivity contribution in [3.63, 3.8) is 0 Å². The first-order chi connectivity index (χ1) is 18.6. The van der Waals surface area contributed by atoms with Gasteiger partial charge in [-0.1, -0.05) is 78.4 Å². The molecule has 0 bridgehead atoms. The fourth-order valence-electron chi connectivity index (χ4n) is 4.18. The summed E-state index contributed by atoms with van der Waals surface area (Å²) in [5, 5.41) is 0. The Morgan fingerprint density at radius 3 is 1.97 bits per heavy atom. The van der Waals surface area contributed by atoms with Gasteiger partial charge in [-0.25, -0.2) is 0 Å². The Bertz CT molecular complexity index is 1620. The second kappa shape index (κ2) is 10.4. The van der Waals surface area contributed by atoms with Gasteiger partial charge in [0.2, 0.25) is 0 Å². The van der Waals surface area contributed by atoms with E-state index in [1.807, 2.05) is 43.3 Å². The van der Waals surface area contributed by atoms with Crippen LogP contribution in [-0.2, 0) is 20.9 Å². The largest absolute Gasteiger partial charge is 0.425 e. The van der Waals surface area contributed by atoms with E-state index >= 15 is 0 Å². The molecule has 5 rings (SSSR count). The average molecular weight is 549 g/mol. The molecule has 5 nitrogen and oxygen atoms in total. The maximum Gasteiger partial charge on any atom is 0.416 e. The van der Waals surface area contributed by atoms with E-state index in [2.05, 4.69) is 4.40 Å². The van der Waals surface area contributed by atoms with Crippen LogP contribution in [0.15, 0.2) is 125 Å². The molecule has 0 aromatic heterocycles. The third-order valence-electron chi connectivity index (χ3n) is 6.18. The van der Waals surface area contributed by atoms with Gasteiger partial charge in [0.05, 0.1) is 16.5 Å². The molecule has 1 aliphatic heterocycles. The number of halogens is 3. The molecule has 0 spiro atoms. The fourth-order valence-corrected chi connectivity index (χ4v) is 5.10. The van der Waals surface area contributed by atoms with E-state index in [9.17, 15) is 21.6 Å². The molecule has 1 atom stereocenters. The lowest BCUT2D eigenvalue weighted by molar-refractivity contribution is -0.137. The lowest BCUT2D eigenvalue weighted by Gasteiger charge is -2.36. The summed E-state index contributed by atoms with van der Waals surface area (Å²) in [5.74, 6) is 0.183. The highest BCUT2D eigenvalue weighted by Crippen LogP contribution is 2.38. The molecule has 0 N–H and O–H groups in total. The Morgan fingerprint density at radius 2 is 1.38 bits per heavy atom. The summed E-state index contributed by atoms with van der Waals surface area (Å²) < 4.78 is 76.5. The van der Waals surface area contributed by atoms with Crippen LogP contribution in [0.25, 0.3) is 5.76 Å². The maximum atomic E-state index is 13.4. The van der Waals surface area contributed by atoms with Gasteiger partial charge < -0.3 is 4.74 Å². The van der Waals surface area contributed by atoms with Crippen LogP contribution < -0.4 is 4.90 Å². The van der Waals surface area contributed by atoms with Crippen molar-refractivity contribution in [2.24, 2.45) is 4.40 Å². The van der Waals surface area contributed by atoms with E-state index < -0.39 is 27.8 Å². The molecule has 4 aromatic carbocycles. The molecule has 39 heavy (non-hydrogen) atoms. The molecule has 0 saturated heterocycles. The van der Waals surface area contributed by atoms with E-state index in [0.29, 0.717) is 11.3 Å². The third-order valence-corrected chi connectivity index (χ3v) is 7.45. The molecular weight excluding hydrogens is 525 g/mol. The quantitative estimate of drug-likeness (QED) is 0.261. The summed E-state index contributed by atoms with van der Waals surface area (Å²) in [5.41, 5.74) is 1.85. The van der Waals surface area contributed by atoms with E-state index in [-0.39, 0.29) is 16.7 Å². The molecule has 0 aliphatic carbocycles. The van der Waals surface area contributed by atoms with Crippen molar-refractivity contribution in [2.45, 2.75) is 24.0 Å². The topological polar surface area (TPSA) is 59.0 Å². The van der Waals surface area contributed by atoms with Crippen molar-refractivity contribution < 1.29 is 26.3 Å². The molecular formula is C30H23F3N2O3S. The van der Waals surface area contributed by atoms with Crippen LogP contribution in [0.1, 0.15) is 28.3 Å². The first-order valence-electron chi connectivity index (χ1n) is 12.0. The average Bonchev–Trinajstić information content (AvgIpc) is 2.93. The minimum Gasteiger partial charge on any atom is -0.425 e. The van der Waals surface area contributed by atoms with Crippen LogP contribution in [0.5, 0.6) is 0 Å². The molecule has 0 saturated carbocycles. The predicted octanol–water partition coefficient (Wildman–Crippen LogP) is 7.38. The summed E-state index contributed by atoms with van der Waals surface area (Å²) in [4.78, 5) is 1.63. The molecule has 198 valence electrons. The number of hydrogen-bond donors (Lipinski definition) is 0. The van der Waals surface area contributed by atoms with Gasteiger partial charge in [-0.15, -0.1) is 4.40 Å². The molecule has 0 amide bonds. The summed E-state index contributed by atoms with van der Waals surface area (Å²) >= 11 is 0. The number of sulfonamides is 1. The standard InChI is InChI=1S/C30H23F3N2O3S/c1-21-12-18-26(19-13-21)39(36,37)34-29-35(25-10-6-3-7-11-25)27(22-8-4-2-5-9-22)20-28(38-29)23-14-16-24(17-15-23)30(31,32)33/h2-20,27H,1H3/b34-29+. The number of hydrogen-bond acceptors (Lipinski definition) is 3. The van der Waals surface area contributed by atoms with E-state index in [0.717, 1.165) is 23.3 Å². The second-order valence-electron chi connectivity index (χ2n) is 8.93. The van der Waals surface area contributed by atoms with Crippen molar-refractivity contribution in [3.8, 4) is 0 Å². The monoisotopic (exact) mass is 548 g/mol. The van der Waals surface area contributed by atoms with Crippen molar-refractivity contribution in [1.82, 2.24) is 0 Å². The first-order valence-corrected chi connectivity index (χ1v) is 13.4. The van der Waals surface area contributed by atoms with Gasteiger partial charge in [0.25, 0.3) is 10.0 Å². The molecule has 0 fully saturated rings. The molecule has 4 aromatic rings. The molecule has 0 radical (unpaired) electrons. The highest BCUT2D eigenvalue weighted by Gasteiger charge is 2.34. The smallest absolute Gasteiger partial charge is 0.416 e. The van der Waals surface area contributed by atoms with Gasteiger partial charge >= 0.3 is 12.2 Å². The molecule has 1 heterocycles. The first kappa shape index (κ1) is 26.2. The van der Waals surface area contributed by atoms with Gasteiger partial charge in [-0.05, 0) is 55.0 Å². The van der Waals surface area contributed by atoms with Crippen molar-refractivity contribution in [1.29, 1.82) is 0 Å². The normalized spacial score (nSPS) is 17.0. The SMILES string of the molecule is Cc1ccc(S(=O)(=O)/N=C2/OC(c3ccc(C(F)(F)F)cc3)=CC(c3ccccc3)N2c2ccccc2)cc1. The molecule has 1 unspecified atom stereocenters. The maximum absolute atomic E-state index is 13.4. The van der Waals surface area contributed by atoms with Crippen LogP contribution in [-0.4, -0.2) is 14.4 Å². The Balaban J connectivity index is 1.69. The lowest BCUT2D eigenvalue weighted by Crippen LogP contribution is -2.39. The van der Waals surface area contributed by atoms with Crippen LogP contribution in [0, 0.1) is 6.92 Å². The Kier molecular flexibility index (Phi) is 7.01. The lowest BCUT2D eigenvalue weighted by atomic mass is 10.00. The number of alkyl halides is 3. The number of benzene rings is 4. The van der Waals surface area contributed by atoms with Gasteiger partial charge in [-0.2, -0.15) is 21.6 Å². The summed E-state index contributed by atoms with van der Waals surface area (Å²) in [6.07, 6.45) is -2.76. The summed E-state index contributed by atoms with van der Waals surface area (Å²) in [7, 11) is -4.21. The fraction of sp³-hybridized carbons (Fsp3) is 0.100. The Hall–Kier alpha value is -4.37. The van der Waals surface area contributed by atoms with E-state index in [4.69, 9.17) is 4.74 Å². The van der Waals surface area contributed by atoms with Crippen molar-refractivity contribution in [3.05, 3.63) is 138 Å². The van der Waals surface area contributed by atoms with Gasteiger partial charge in [0.15, 0.2) is 0 Å². The van der Waals surface area contributed by atoms with Crippen LogP contribution in [0.2, 0.25) is 0 Å². The Morgan fingerprint density at radius 1 is 0.795 bits per heavy atom. The second-order valence-corrected chi connectivity index (χ2v) is 10.5. The van der Waals surface area contributed by atoms with E-state index in [1.165, 1.54) is 24.3 Å². The van der Waals surface area contributed by atoms with Crippen LogP contribution in [0.3, 0.4) is 0 Å². The highest BCUT2D eigenvalue weighted by molar-refractivity contribution is 7.90. The number of rotatable bonds is 5. The highest BCUT2D eigenvalue weighted by atomic mass is 32.2. The Labute approximate surface area is 224 Å². The number of amidine groups is 1. The van der Waals surface area contributed by atoms with Gasteiger partial charge in [0, 0.05) is 11.3 Å². The van der Waals surface area contributed by atoms with Crippen LogP contribution >= 0.6 is 0 Å². The number of para-hydroxylation sites is 1. The number of aryl methyl sites for hydroxylation is 1. The summed E-state index contributed by atoms with van der Waals surface area (Å²) in [6, 6.07) is 28.3. The number of ether oxygens (including phenoxy) is 1. The third kappa shape index (κ3) is 5.73. The van der Waals surface area contributed by atoms with Gasteiger partial charge in [0.1, 0.15) is 5.76 Å². The van der Waals surface area contributed by atoms with Crippen molar-refractivity contribution >= 4 is 27.5 Å². The minimum absolute atomic E-state index is 0.0147. The molecule has 9 heteroatoms. The summed E-state index contributed by atoms with van der Waals surface area (Å²) in [6.45, 7) is 1.84. The van der Waals surface area contributed by atoms with Crippen LogP contribution in [0.4, 0.5) is 18.9 Å². The van der Waals surface area contributed by atoms with Crippen molar-refractivity contribution in [2.75, 3.05) is 4.90 Å². The number of nitrogens with zero attached hydrogens (tertiary/aromatic N) is 2. The van der Waals surface area contributed by atoms with E-state index in [1.54, 1.807) is 47.4 Å². The minimum atomic E-state index is -4.49. The molecule has 1 aliphatic rings. The zero-order valence-corrected chi connectivity index (χ0v) is 21.5.